The van der Waals surface area contributed by atoms with Gasteiger partial charge in [0.25, 0.3) is 0 Å². The molecule has 1 aliphatic rings. The molecule has 3 N–H and O–H groups in total. The van der Waals surface area contributed by atoms with Crippen LogP contribution in [0.25, 0.3) is 0 Å². The number of hydrogen-bond donors (Lipinski definition) is 2. The van der Waals surface area contributed by atoms with Gasteiger partial charge >= 0.3 is 0 Å². The maximum Gasteiger partial charge on any atom is 0.220 e. The summed E-state index contributed by atoms with van der Waals surface area (Å²) in [6, 6.07) is 7.83. The fourth-order valence-corrected chi connectivity index (χ4v) is 1.98. The van der Waals surface area contributed by atoms with Gasteiger partial charge in [0, 0.05) is 18.0 Å². The average molecular weight is 234 g/mol. The number of amides is 1. The third-order valence-corrected chi connectivity index (χ3v) is 2.93. The molecule has 4 nitrogen and oxygen atoms in total. The maximum absolute atomic E-state index is 11.1. The zero-order valence-corrected chi connectivity index (χ0v) is 9.98. The Morgan fingerprint density at radius 2 is 2.29 bits per heavy atom. The van der Waals surface area contributed by atoms with Crippen LogP contribution < -0.4 is 15.8 Å². The van der Waals surface area contributed by atoms with E-state index in [0.29, 0.717) is 13.0 Å². The minimum atomic E-state index is -0.0515. The maximum atomic E-state index is 11.1. The molecule has 2 atom stereocenters. The first-order valence-corrected chi connectivity index (χ1v) is 5.93. The van der Waals surface area contributed by atoms with E-state index in [1.165, 1.54) is 0 Å². The van der Waals surface area contributed by atoms with E-state index in [1.54, 1.807) is 0 Å². The van der Waals surface area contributed by atoms with Crippen LogP contribution in [0.2, 0.25) is 0 Å². The molecule has 17 heavy (non-hydrogen) atoms. The molecule has 0 aliphatic carbocycles. The van der Waals surface area contributed by atoms with Crippen LogP contribution in [0.5, 0.6) is 5.75 Å². The van der Waals surface area contributed by atoms with Crippen molar-refractivity contribution in [1.82, 2.24) is 5.32 Å². The fourth-order valence-electron chi connectivity index (χ4n) is 1.98. The number of hydrogen-bond acceptors (Lipinski definition) is 3. The van der Waals surface area contributed by atoms with Gasteiger partial charge in [-0.3, -0.25) is 4.79 Å². The van der Waals surface area contributed by atoms with Crippen molar-refractivity contribution in [3.05, 3.63) is 29.8 Å². The van der Waals surface area contributed by atoms with Crippen LogP contribution in [0.1, 0.15) is 31.4 Å². The fraction of sp³-hybridized carbons (Fsp3) is 0.462. The highest BCUT2D eigenvalue weighted by Gasteiger charge is 2.21. The molecular weight excluding hydrogens is 216 g/mol. The first-order chi connectivity index (χ1) is 8.16. The van der Waals surface area contributed by atoms with Crippen molar-refractivity contribution in [2.75, 3.05) is 6.61 Å². The second kappa shape index (κ2) is 5.19. The zero-order valence-electron chi connectivity index (χ0n) is 9.98. The normalized spacial score (nSPS) is 21.1. The molecule has 92 valence electrons. The van der Waals surface area contributed by atoms with Gasteiger partial charge in [-0.25, -0.2) is 0 Å². The topological polar surface area (TPSA) is 64.3 Å². The predicted molar refractivity (Wildman–Crippen MR) is 65.7 cm³/mol. The molecule has 2 rings (SSSR count). The van der Waals surface area contributed by atoms with E-state index in [4.69, 9.17) is 10.5 Å². The Labute approximate surface area is 101 Å². The Kier molecular flexibility index (Phi) is 3.64. The Morgan fingerprint density at radius 1 is 1.53 bits per heavy atom. The van der Waals surface area contributed by atoms with Gasteiger partial charge in [-0.2, -0.15) is 0 Å². The summed E-state index contributed by atoms with van der Waals surface area (Å²) in [5, 5.41) is 2.88. The van der Waals surface area contributed by atoms with Crippen molar-refractivity contribution >= 4 is 5.91 Å². The van der Waals surface area contributed by atoms with Crippen LogP contribution in [0.4, 0.5) is 0 Å². The monoisotopic (exact) mass is 234 g/mol. The van der Waals surface area contributed by atoms with Gasteiger partial charge in [0.15, 0.2) is 0 Å². The Morgan fingerprint density at radius 3 is 2.94 bits per heavy atom. The largest absolute Gasteiger partial charge is 0.491 e. The summed E-state index contributed by atoms with van der Waals surface area (Å²) >= 11 is 0. The van der Waals surface area contributed by atoms with Gasteiger partial charge in [-0.1, -0.05) is 18.2 Å². The second-order valence-electron chi connectivity index (χ2n) is 4.44. The van der Waals surface area contributed by atoms with Gasteiger partial charge in [-0.15, -0.1) is 0 Å². The Bertz CT molecular complexity index is 404. The summed E-state index contributed by atoms with van der Waals surface area (Å²) in [5.41, 5.74) is 6.87. The van der Waals surface area contributed by atoms with E-state index in [-0.39, 0.29) is 18.0 Å². The molecule has 0 bridgehead atoms. The summed E-state index contributed by atoms with van der Waals surface area (Å²) in [6.07, 6.45) is 1.45. The molecule has 1 heterocycles. The molecule has 0 spiro atoms. The minimum Gasteiger partial charge on any atom is -0.491 e. The van der Waals surface area contributed by atoms with E-state index in [1.807, 2.05) is 31.2 Å². The number of nitrogens with one attached hydrogen (secondary N) is 1. The van der Waals surface area contributed by atoms with Crippen molar-refractivity contribution in [2.45, 2.75) is 31.8 Å². The zero-order chi connectivity index (χ0) is 12.3. The third kappa shape index (κ3) is 2.97. The van der Waals surface area contributed by atoms with Crippen LogP contribution in [-0.4, -0.2) is 18.6 Å². The van der Waals surface area contributed by atoms with E-state index in [2.05, 4.69) is 5.32 Å². The number of carbonyl (C=O) groups is 1. The molecule has 0 aromatic heterocycles. The van der Waals surface area contributed by atoms with Crippen LogP contribution in [0.3, 0.4) is 0 Å². The lowest BCUT2D eigenvalue weighted by Crippen LogP contribution is -2.31. The number of rotatable bonds is 4. The Balaban J connectivity index is 1.96. The molecule has 0 saturated carbocycles. The molecule has 1 aromatic rings. The van der Waals surface area contributed by atoms with Gasteiger partial charge in [0.2, 0.25) is 5.91 Å². The first kappa shape index (κ1) is 11.9. The number of para-hydroxylation sites is 1. The summed E-state index contributed by atoms with van der Waals surface area (Å²) < 4.78 is 5.74. The summed E-state index contributed by atoms with van der Waals surface area (Å²) in [6.45, 7) is 2.44. The summed E-state index contributed by atoms with van der Waals surface area (Å²) in [4.78, 5) is 11.1. The number of ether oxygens (including phenoxy) is 1. The summed E-state index contributed by atoms with van der Waals surface area (Å²) in [5.74, 6) is 0.919. The lowest BCUT2D eigenvalue weighted by molar-refractivity contribution is -0.119. The van der Waals surface area contributed by atoms with Crippen molar-refractivity contribution in [3.63, 3.8) is 0 Å². The standard InChI is InChI=1S/C13H18N2O2/c1-9(14)11-4-2-3-5-12(11)17-8-10-6-7-13(16)15-10/h2-5,9-10H,6-8,14H2,1H3,(H,15,16). The number of benzene rings is 1. The molecular formula is C13H18N2O2. The molecule has 0 radical (unpaired) electrons. The number of carbonyl (C=O) groups excluding carboxylic acids is 1. The quantitative estimate of drug-likeness (QED) is 0.826. The third-order valence-electron chi connectivity index (χ3n) is 2.93. The van der Waals surface area contributed by atoms with Gasteiger partial charge in [0.1, 0.15) is 12.4 Å². The molecule has 1 saturated heterocycles. The van der Waals surface area contributed by atoms with Crippen molar-refractivity contribution in [3.8, 4) is 5.75 Å². The SMILES string of the molecule is CC(N)c1ccccc1OCC1CCC(=O)N1. The van der Waals surface area contributed by atoms with E-state index < -0.39 is 0 Å². The van der Waals surface area contributed by atoms with Crippen LogP contribution >= 0.6 is 0 Å². The number of nitrogens with two attached hydrogens (primary N) is 1. The van der Waals surface area contributed by atoms with Crippen LogP contribution in [0, 0.1) is 0 Å². The molecule has 1 fully saturated rings. The Hall–Kier alpha value is -1.55. The van der Waals surface area contributed by atoms with Crippen molar-refractivity contribution < 1.29 is 9.53 Å². The second-order valence-corrected chi connectivity index (χ2v) is 4.44. The van der Waals surface area contributed by atoms with E-state index >= 15 is 0 Å². The van der Waals surface area contributed by atoms with Gasteiger partial charge in [-0.05, 0) is 19.4 Å². The van der Waals surface area contributed by atoms with Crippen LogP contribution in [0.15, 0.2) is 24.3 Å². The lowest BCUT2D eigenvalue weighted by atomic mass is 10.1. The molecule has 1 amide bonds. The molecule has 1 aromatic carbocycles. The summed E-state index contributed by atoms with van der Waals surface area (Å²) in [7, 11) is 0. The van der Waals surface area contributed by atoms with Gasteiger partial charge in [0.05, 0.1) is 6.04 Å². The molecule has 4 heteroatoms. The van der Waals surface area contributed by atoms with E-state index in [9.17, 15) is 4.79 Å². The van der Waals surface area contributed by atoms with E-state index in [0.717, 1.165) is 17.7 Å². The van der Waals surface area contributed by atoms with Crippen LogP contribution in [-0.2, 0) is 4.79 Å². The highest BCUT2D eigenvalue weighted by atomic mass is 16.5. The average Bonchev–Trinajstić information content (AvgIpc) is 2.73. The highest BCUT2D eigenvalue weighted by Crippen LogP contribution is 2.23. The smallest absolute Gasteiger partial charge is 0.220 e. The van der Waals surface area contributed by atoms with Crippen molar-refractivity contribution in [2.24, 2.45) is 5.73 Å². The first-order valence-electron chi connectivity index (χ1n) is 5.93. The van der Waals surface area contributed by atoms with Crippen molar-refractivity contribution in [1.29, 1.82) is 0 Å². The molecule has 2 unspecified atom stereocenters. The predicted octanol–water partition coefficient (Wildman–Crippen LogP) is 1.36. The van der Waals surface area contributed by atoms with Gasteiger partial charge < -0.3 is 15.8 Å². The lowest BCUT2D eigenvalue weighted by Gasteiger charge is -2.16. The highest BCUT2D eigenvalue weighted by molar-refractivity contribution is 5.78. The molecule has 1 aliphatic heterocycles. The minimum absolute atomic E-state index is 0.0515.